The van der Waals surface area contributed by atoms with E-state index in [-0.39, 0.29) is 23.4 Å². The fraction of sp³-hybridized carbons (Fsp3) is 0.100. The lowest BCUT2D eigenvalue weighted by molar-refractivity contribution is -0.140. The molecule has 0 spiro atoms. The van der Waals surface area contributed by atoms with Crippen molar-refractivity contribution in [2.45, 2.75) is 12.6 Å². The summed E-state index contributed by atoms with van der Waals surface area (Å²) in [6.45, 7) is 0.0491. The van der Waals surface area contributed by atoms with Crippen molar-refractivity contribution in [2.75, 3.05) is 7.11 Å². The third-order valence-corrected chi connectivity index (χ3v) is 6.57. The number of nitrogens with zero attached hydrogens (tertiary/aromatic N) is 1. The highest BCUT2D eigenvalue weighted by atomic mass is 16.5. The number of carboxylic acid groups (broad SMARTS) is 1. The number of hydrogen-bond donors (Lipinski definition) is 2. The number of aliphatic hydroxyl groups is 1. The molecule has 5 rings (SSSR count). The first kappa shape index (κ1) is 23.8. The summed E-state index contributed by atoms with van der Waals surface area (Å²) < 4.78 is 5.26. The fourth-order valence-electron chi connectivity index (χ4n) is 4.70. The Labute approximate surface area is 212 Å². The Balaban J connectivity index is 1.65. The van der Waals surface area contributed by atoms with Crippen LogP contribution in [0.3, 0.4) is 0 Å². The average molecular weight is 494 g/mol. The zero-order valence-electron chi connectivity index (χ0n) is 19.9. The smallest absolute Gasteiger partial charge is 0.335 e. The molecule has 4 aromatic rings. The van der Waals surface area contributed by atoms with Crippen molar-refractivity contribution in [1.29, 1.82) is 0 Å². The van der Waals surface area contributed by atoms with Crippen molar-refractivity contribution in [3.63, 3.8) is 0 Å². The van der Waals surface area contributed by atoms with Crippen LogP contribution in [0.2, 0.25) is 0 Å². The van der Waals surface area contributed by atoms with Gasteiger partial charge in [-0.15, -0.1) is 0 Å². The molecule has 1 atom stereocenters. The van der Waals surface area contributed by atoms with Crippen LogP contribution in [-0.2, 0) is 16.1 Å². The van der Waals surface area contributed by atoms with Gasteiger partial charge in [0.1, 0.15) is 11.5 Å². The number of amides is 1. The molecule has 4 aromatic carbocycles. The monoisotopic (exact) mass is 493 g/mol. The number of ether oxygens (including phenoxy) is 1. The summed E-state index contributed by atoms with van der Waals surface area (Å²) in [4.78, 5) is 39.3. The highest BCUT2D eigenvalue weighted by Crippen LogP contribution is 2.41. The highest BCUT2D eigenvalue weighted by Gasteiger charge is 2.46. The first-order valence-electron chi connectivity index (χ1n) is 11.6. The van der Waals surface area contributed by atoms with Gasteiger partial charge in [-0.05, 0) is 46.2 Å². The second-order valence-corrected chi connectivity index (χ2v) is 8.73. The maximum atomic E-state index is 13.4. The summed E-state index contributed by atoms with van der Waals surface area (Å²) in [6.07, 6.45) is 0. The Morgan fingerprint density at radius 3 is 2.22 bits per heavy atom. The zero-order chi connectivity index (χ0) is 26.1. The van der Waals surface area contributed by atoms with Crippen LogP contribution in [0.1, 0.15) is 33.1 Å². The summed E-state index contributed by atoms with van der Waals surface area (Å²) in [5, 5.41) is 22.4. The van der Waals surface area contributed by atoms with Gasteiger partial charge in [0.25, 0.3) is 11.7 Å². The lowest BCUT2D eigenvalue weighted by Gasteiger charge is -2.25. The zero-order valence-corrected chi connectivity index (χ0v) is 19.9. The Morgan fingerprint density at radius 2 is 1.54 bits per heavy atom. The minimum atomic E-state index is -1.06. The van der Waals surface area contributed by atoms with Crippen molar-refractivity contribution >= 4 is 34.2 Å². The first-order chi connectivity index (χ1) is 17.9. The van der Waals surface area contributed by atoms with Crippen LogP contribution in [0, 0.1) is 0 Å². The molecule has 1 fully saturated rings. The quantitative estimate of drug-likeness (QED) is 0.218. The maximum absolute atomic E-state index is 13.4. The van der Waals surface area contributed by atoms with Gasteiger partial charge in [0.15, 0.2) is 0 Å². The van der Waals surface area contributed by atoms with Crippen molar-refractivity contribution in [2.24, 2.45) is 0 Å². The molecule has 7 heteroatoms. The number of rotatable bonds is 6. The van der Waals surface area contributed by atoms with Crippen molar-refractivity contribution in [3.8, 4) is 5.75 Å². The molecule has 1 heterocycles. The van der Waals surface area contributed by atoms with E-state index < -0.39 is 23.7 Å². The van der Waals surface area contributed by atoms with Crippen molar-refractivity contribution < 1.29 is 29.3 Å². The predicted molar refractivity (Wildman–Crippen MR) is 138 cm³/mol. The van der Waals surface area contributed by atoms with E-state index in [0.29, 0.717) is 22.4 Å². The summed E-state index contributed by atoms with van der Waals surface area (Å²) in [5.74, 6) is -2.22. The fourth-order valence-corrected chi connectivity index (χ4v) is 4.70. The third kappa shape index (κ3) is 4.31. The molecular weight excluding hydrogens is 470 g/mol. The van der Waals surface area contributed by atoms with Crippen LogP contribution in [0.4, 0.5) is 0 Å². The summed E-state index contributed by atoms with van der Waals surface area (Å²) in [5.41, 5.74) is 1.85. The number of likely N-dealkylation sites (tertiary alicyclic amines) is 1. The molecule has 7 nitrogen and oxygen atoms in total. The minimum absolute atomic E-state index is 0.00586. The van der Waals surface area contributed by atoms with Gasteiger partial charge in [0, 0.05) is 12.1 Å². The molecule has 0 bridgehead atoms. The number of Topliss-reactive ketones (excluding diaryl/α,β-unsaturated/α-hetero) is 1. The van der Waals surface area contributed by atoms with E-state index in [1.54, 1.807) is 55.6 Å². The van der Waals surface area contributed by atoms with E-state index in [1.807, 2.05) is 30.3 Å². The van der Waals surface area contributed by atoms with E-state index in [9.17, 15) is 24.6 Å². The van der Waals surface area contributed by atoms with Crippen LogP contribution in [0.25, 0.3) is 16.5 Å². The number of carboxylic acids is 1. The average Bonchev–Trinajstić information content (AvgIpc) is 3.17. The molecule has 184 valence electrons. The van der Waals surface area contributed by atoms with Gasteiger partial charge >= 0.3 is 5.97 Å². The Bertz CT molecular complexity index is 1550. The maximum Gasteiger partial charge on any atom is 0.335 e. The molecule has 1 unspecified atom stereocenters. The van der Waals surface area contributed by atoms with Gasteiger partial charge in [0.05, 0.1) is 24.3 Å². The second kappa shape index (κ2) is 9.62. The van der Waals surface area contributed by atoms with Crippen molar-refractivity contribution in [1.82, 2.24) is 4.90 Å². The number of carbonyl (C=O) groups excluding carboxylic acids is 2. The van der Waals surface area contributed by atoms with Crippen LogP contribution in [0.15, 0.2) is 96.6 Å². The molecule has 1 saturated heterocycles. The van der Waals surface area contributed by atoms with Crippen LogP contribution < -0.4 is 4.74 Å². The predicted octanol–water partition coefficient (Wildman–Crippen LogP) is 5.17. The number of aromatic carboxylic acids is 1. The highest BCUT2D eigenvalue weighted by molar-refractivity contribution is 6.46. The number of ketones is 1. The second-order valence-electron chi connectivity index (χ2n) is 8.73. The molecule has 0 radical (unpaired) electrons. The SMILES string of the molecule is COc1ccc(C2/C(=C(/O)c3cccc4ccccc34)C(=O)C(=O)N2Cc2ccc(C(=O)O)cc2)cc1. The number of hydrogen-bond acceptors (Lipinski definition) is 5. The molecule has 0 aromatic heterocycles. The lowest BCUT2D eigenvalue weighted by atomic mass is 9.93. The Kier molecular flexibility index (Phi) is 6.19. The van der Waals surface area contributed by atoms with Gasteiger partial charge in [-0.1, -0.05) is 66.7 Å². The van der Waals surface area contributed by atoms with E-state index in [4.69, 9.17) is 4.74 Å². The van der Waals surface area contributed by atoms with Gasteiger partial charge in [-0.3, -0.25) is 9.59 Å². The van der Waals surface area contributed by atoms with Crippen LogP contribution in [0.5, 0.6) is 5.75 Å². The summed E-state index contributed by atoms with van der Waals surface area (Å²) in [6, 6.07) is 25.2. The molecule has 1 aliphatic rings. The topological polar surface area (TPSA) is 104 Å². The number of aliphatic hydroxyl groups excluding tert-OH is 1. The Morgan fingerprint density at radius 1 is 0.865 bits per heavy atom. The molecule has 37 heavy (non-hydrogen) atoms. The number of carbonyl (C=O) groups is 3. The van der Waals surface area contributed by atoms with Gasteiger partial charge in [-0.2, -0.15) is 0 Å². The Hall–Kier alpha value is -4.91. The van der Waals surface area contributed by atoms with Crippen LogP contribution in [-0.4, -0.2) is 39.9 Å². The van der Waals surface area contributed by atoms with Gasteiger partial charge in [-0.25, -0.2) is 4.79 Å². The first-order valence-corrected chi connectivity index (χ1v) is 11.6. The van der Waals surface area contributed by atoms with E-state index in [2.05, 4.69) is 0 Å². The number of methoxy groups -OCH3 is 1. The molecule has 2 N–H and O–H groups in total. The lowest BCUT2D eigenvalue weighted by Crippen LogP contribution is -2.29. The standard InChI is InChI=1S/C30H23NO6/c1-37-22-15-13-20(14-16-22)26-25(27(32)24-8-4-6-19-5-2-3-7-23(19)24)28(33)29(34)31(26)17-18-9-11-21(12-10-18)30(35)36/h2-16,26,32H,17H2,1H3,(H,35,36)/b27-25-. The third-order valence-electron chi connectivity index (χ3n) is 6.57. The molecule has 0 aliphatic carbocycles. The molecule has 1 aliphatic heterocycles. The molecule has 1 amide bonds. The van der Waals surface area contributed by atoms with Crippen molar-refractivity contribution in [3.05, 3.63) is 119 Å². The van der Waals surface area contributed by atoms with Gasteiger partial charge < -0.3 is 19.8 Å². The number of fused-ring (bicyclic) bond motifs is 1. The number of benzene rings is 4. The van der Waals surface area contributed by atoms with Gasteiger partial charge in [0.2, 0.25) is 0 Å². The molecular formula is C30H23NO6. The van der Waals surface area contributed by atoms with E-state index >= 15 is 0 Å². The minimum Gasteiger partial charge on any atom is -0.507 e. The summed E-state index contributed by atoms with van der Waals surface area (Å²) in [7, 11) is 1.54. The summed E-state index contributed by atoms with van der Waals surface area (Å²) >= 11 is 0. The molecule has 0 saturated carbocycles. The largest absolute Gasteiger partial charge is 0.507 e. The van der Waals surface area contributed by atoms with E-state index in [0.717, 1.165) is 10.8 Å². The van der Waals surface area contributed by atoms with E-state index in [1.165, 1.54) is 17.0 Å². The van der Waals surface area contributed by atoms with Crippen LogP contribution >= 0.6 is 0 Å². The normalized spacial score (nSPS) is 16.8.